The van der Waals surface area contributed by atoms with Crippen LogP contribution in [0.4, 0.5) is 0 Å². The Kier molecular flexibility index (Phi) is 6.49. The minimum absolute atomic E-state index is 0.0202. The summed E-state index contributed by atoms with van der Waals surface area (Å²) in [6.07, 6.45) is 1.62. The molecule has 7 nitrogen and oxygen atoms in total. The van der Waals surface area contributed by atoms with E-state index in [-0.39, 0.29) is 29.4 Å². The van der Waals surface area contributed by atoms with E-state index in [1.165, 1.54) is 0 Å². The SMILES string of the molecule is CC(C)(C)NC(=O)COc1ccc(CN2CC(C(=O)O)C3(CCOCC3)C2)cc1. The first-order valence-corrected chi connectivity index (χ1v) is 10.2. The number of benzene rings is 1. The largest absolute Gasteiger partial charge is 0.484 e. The maximum atomic E-state index is 11.9. The third-order valence-corrected chi connectivity index (χ3v) is 5.72. The van der Waals surface area contributed by atoms with Gasteiger partial charge in [-0.3, -0.25) is 14.5 Å². The van der Waals surface area contributed by atoms with Crippen molar-refractivity contribution in [3.8, 4) is 5.75 Å². The predicted octanol–water partition coefficient (Wildman–Crippen LogP) is 2.29. The average Bonchev–Trinajstić information content (AvgIpc) is 2.98. The zero-order valence-corrected chi connectivity index (χ0v) is 17.6. The van der Waals surface area contributed by atoms with Crippen LogP contribution in [0.3, 0.4) is 0 Å². The van der Waals surface area contributed by atoms with Gasteiger partial charge in [0.2, 0.25) is 0 Å². The number of carboxylic acid groups (broad SMARTS) is 1. The van der Waals surface area contributed by atoms with Gasteiger partial charge >= 0.3 is 5.97 Å². The van der Waals surface area contributed by atoms with Crippen molar-refractivity contribution in [2.75, 3.05) is 32.9 Å². The molecule has 0 saturated carbocycles. The van der Waals surface area contributed by atoms with Crippen molar-refractivity contribution < 1.29 is 24.2 Å². The summed E-state index contributed by atoms with van der Waals surface area (Å²) in [5.41, 5.74) is 0.646. The van der Waals surface area contributed by atoms with Crippen LogP contribution in [0.2, 0.25) is 0 Å². The molecule has 2 fully saturated rings. The van der Waals surface area contributed by atoms with Gasteiger partial charge in [0.1, 0.15) is 5.75 Å². The van der Waals surface area contributed by atoms with Gasteiger partial charge in [-0.25, -0.2) is 0 Å². The van der Waals surface area contributed by atoms with Crippen LogP contribution in [0, 0.1) is 11.3 Å². The van der Waals surface area contributed by atoms with Gasteiger partial charge in [-0.1, -0.05) is 12.1 Å². The second-order valence-corrected chi connectivity index (χ2v) is 9.27. The number of ether oxygens (including phenoxy) is 2. The van der Waals surface area contributed by atoms with Crippen molar-refractivity contribution in [3.05, 3.63) is 29.8 Å². The summed E-state index contributed by atoms with van der Waals surface area (Å²) in [6.45, 7) is 9.12. The van der Waals surface area contributed by atoms with Crippen molar-refractivity contribution in [2.24, 2.45) is 11.3 Å². The Morgan fingerprint density at radius 1 is 1.24 bits per heavy atom. The summed E-state index contributed by atoms with van der Waals surface area (Å²) in [5, 5.41) is 12.6. The number of likely N-dealkylation sites (tertiary alicyclic amines) is 1. The third kappa shape index (κ3) is 5.70. The Balaban J connectivity index is 1.54. The minimum Gasteiger partial charge on any atom is -0.484 e. The lowest BCUT2D eigenvalue weighted by atomic mass is 9.72. The van der Waals surface area contributed by atoms with Gasteiger partial charge in [0, 0.05) is 43.8 Å². The molecule has 1 spiro atoms. The second kappa shape index (κ2) is 8.71. The van der Waals surface area contributed by atoms with Crippen LogP contribution in [0.1, 0.15) is 39.2 Å². The van der Waals surface area contributed by atoms with Gasteiger partial charge in [0.05, 0.1) is 5.92 Å². The standard InChI is InChI=1S/C22H32N2O5/c1-21(2,3)23-19(25)14-29-17-6-4-16(5-7-17)12-24-13-18(20(26)27)22(15-24)8-10-28-11-9-22/h4-7,18H,8-15H2,1-3H3,(H,23,25)(H,26,27). The molecule has 1 aromatic rings. The fourth-order valence-corrected chi connectivity index (χ4v) is 4.37. The normalized spacial score (nSPS) is 21.8. The summed E-state index contributed by atoms with van der Waals surface area (Å²) in [5.74, 6) is -0.550. The van der Waals surface area contributed by atoms with Gasteiger partial charge in [0.15, 0.2) is 6.61 Å². The monoisotopic (exact) mass is 404 g/mol. The van der Waals surface area contributed by atoms with Crippen molar-refractivity contribution in [1.82, 2.24) is 10.2 Å². The first kappa shape index (κ1) is 21.6. The van der Waals surface area contributed by atoms with Crippen molar-refractivity contribution >= 4 is 11.9 Å². The maximum Gasteiger partial charge on any atom is 0.308 e. The molecule has 160 valence electrons. The topological polar surface area (TPSA) is 88.1 Å². The van der Waals surface area contributed by atoms with E-state index < -0.39 is 5.97 Å². The lowest BCUT2D eigenvalue weighted by Gasteiger charge is -2.36. The van der Waals surface area contributed by atoms with E-state index >= 15 is 0 Å². The maximum absolute atomic E-state index is 11.9. The fraction of sp³-hybridized carbons (Fsp3) is 0.636. The molecule has 3 rings (SSSR count). The van der Waals surface area contributed by atoms with Gasteiger partial charge in [-0.2, -0.15) is 0 Å². The van der Waals surface area contributed by atoms with Crippen molar-refractivity contribution in [1.29, 1.82) is 0 Å². The van der Waals surface area contributed by atoms with E-state index in [1.807, 2.05) is 45.0 Å². The highest BCUT2D eigenvalue weighted by molar-refractivity contribution is 5.78. The number of nitrogens with zero attached hydrogens (tertiary/aromatic N) is 1. The minimum atomic E-state index is -0.702. The molecule has 0 radical (unpaired) electrons. The van der Waals surface area contributed by atoms with Crippen LogP contribution in [0.5, 0.6) is 5.75 Å². The zero-order chi connectivity index (χ0) is 21.1. The quantitative estimate of drug-likeness (QED) is 0.756. The Labute approximate surface area is 172 Å². The highest BCUT2D eigenvalue weighted by atomic mass is 16.5. The fourth-order valence-electron chi connectivity index (χ4n) is 4.37. The number of carbonyl (C=O) groups excluding carboxylic acids is 1. The van der Waals surface area contributed by atoms with E-state index in [2.05, 4.69) is 10.2 Å². The van der Waals surface area contributed by atoms with Gasteiger partial charge in [-0.15, -0.1) is 0 Å². The highest BCUT2D eigenvalue weighted by Gasteiger charge is 2.50. The van der Waals surface area contributed by atoms with E-state index in [0.29, 0.717) is 32.1 Å². The molecule has 1 atom stereocenters. The number of rotatable bonds is 6. The molecule has 2 aliphatic heterocycles. The lowest BCUT2D eigenvalue weighted by Crippen LogP contribution is -2.43. The first-order valence-electron chi connectivity index (χ1n) is 10.2. The number of carboxylic acids is 1. The molecule has 2 aliphatic rings. The smallest absolute Gasteiger partial charge is 0.308 e. The highest BCUT2D eigenvalue weighted by Crippen LogP contribution is 2.44. The summed E-state index contributed by atoms with van der Waals surface area (Å²) < 4.78 is 11.0. The number of nitrogens with one attached hydrogen (secondary N) is 1. The van der Waals surface area contributed by atoms with Gasteiger partial charge in [0.25, 0.3) is 5.91 Å². The zero-order valence-electron chi connectivity index (χ0n) is 17.6. The molecule has 2 saturated heterocycles. The van der Waals surface area contributed by atoms with Crippen molar-refractivity contribution in [2.45, 2.75) is 45.7 Å². The Morgan fingerprint density at radius 3 is 2.48 bits per heavy atom. The van der Waals surface area contributed by atoms with E-state index in [4.69, 9.17) is 9.47 Å². The molecular weight excluding hydrogens is 372 g/mol. The predicted molar refractivity (Wildman–Crippen MR) is 109 cm³/mol. The van der Waals surface area contributed by atoms with E-state index in [1.54, 1.807) is 0 Å². The van der Waals surface area contributed by atoms with Crippen LogP contribution < -0.4 is 10.1 Å². The molecule has 7 heteroatoms. The Morgan fingerprint density at radius 2 is 1.90 bits per heavy atom. The van der Waals surface area contributed by atoms with Crippen LogP contribution in [-0.4, -0.2) is 60.3 Å². The molecule has 1 aromatic carbocycles. The van der Waals surface area contributed by atoms with E-state index in [9.17, 15) is 14.7 Å². The summed E-state index contributed by atoms with van der Waals surface area (Å²) >= 11 is 0. The molecule has 2 N–H and O–H groups in total. The third-order valence-electron chi connectivity index (χ3n) is 5.72. The molecule has 0 aliphatic carbocycles. The molecule has 0 aromatic heterocycles. The lowest BCUT2D eigenvalue weighted by molar-refractivity contribution is -0.147. The Hall–Kier alpha value is -2.12. The number of carbonyl (C=O) groups is 2. The molecule has 1 unspecified atom stereocenters. The summed E-state index contributed by atoms with van der Waals surface area (Å²) in [7, 11) is 0. The molecular formula is C22H32N2O5. The number of hydrogen-bond acceptors (Lipinski definition) is 5. The van der Waals surface area contributed by atoms with Crippen LogP contribution in [0.25, 0.3) is 0 Å². The summed E-state index contributed by atoms with van der Waals surface area (Å²) in [4.78, 5) is 25.9. The molecule has 0 bridgehead atoms. The van der Waals surface area contributed by atoms with Crippen LogP contribution >= 0.6 is 0 Å². The molecule has 2 heterocycles. The number of amides is 1. The van der Waals surface area contributed by atoms with Gasteiger partial charge in [-0.05, 0) is 51.3 Å². The average molecular weight is 405 g/mol. The molecule has 1 amide bonds. The Bertz CT molecular complexity index is 720. The van der Waals surface area contributed by atoms with Crippen molar-refractivity contribution in [3.63, 3.8) is 0 Å². The first-order chi connectivity index (χ1) is 13.7. The second-order valence-electron chi connectivity index (χ2n) is 9.27. The number of hydrogen-bond donors (Lipinski definition) is 2. The van der Waals surface area contributed by atoms with Crippen LogP contribution in [0.15, 0.2) is 24.3 Å². The number of aliphatic carboxylic acids is 1. The van der Waals surface area contributed by atoms with Gasteiger partial charge < -0.3 is 19.9 Å². The summed E-state index contributed by atoms with van der Waals surface area (Å²) in [6, 6.07) is 7.66. The van der Waals surface area contributed by atoms with Crippen LogP contribution in [-0.2, 0) is 20.9 Å². The van der Waals surface area contributed by atoms with E-state index in [0.717, 1.165) is 24.9 Å². The molecule has 29 heavy (non-hydrogen) atoms.